The minimum Gasteiger partial charge on any atom is -0.495 e. The number of nitrogens with one attached hydrogen (secondary N) is 2. The monoisotopic (exact) mass is 593 g/mol. The number of nitrogens with zero attached hydrogens (tertiary/aromatic N) is 1. The van der Waals surface area contributed by atoms with Crippen LogP contribution in [0, 0.1) is 0 Å². The van der Waals surface area contributed by atoms with E-state index in [0.29, 0.717) is 51.2 Å². The summed E-state index contributed by atoms with van der Waals surface area (Å²) in [6, 6.07) is 21.9. The van der Waals surface area contributed by atoms with Crippen molar-refractivity contribution in [3.63, 3.8) is 0 Å². The van der Waals surface area contributed by atoms with Crippen LogP contribution < -0.4 is 29.7 Å². The molecule has 2 heterocycles. The molecular formula is C35H35N3O6. The van der Waals surface area contributed by atoms with Gasteiger partial charge in [-0.05, 0) is 72.5 Å². The minimum absolute atomic E-state index is 0.161. The Morgan fingerprint density at radius 2 is 1.55 bits per heavy atom. The summed E-state index contributed by atoms with van der Waals surface area (Å²) < 4.78 is 22.4. The van der Waals surface area contributed by atoms with Crippen LogP contribution in [0.2, 0.25) is 0 Å². The van der Waals surface area contributed by atoms with Crippen molar-refractivity contribution in [1.82, 2.24) is 9.88 Å². The molecule has 1 amide bonds. The first kappa shape index (κ1) is 29.1. The van der Waals surface area contributed by atoms with Gasteiger partial charge in [-0.15, -0.1) is 0 Å². The fraction of sp³-hybridized carbons (Fsp3) is 0.257. The fourth-order valence-electron chi connectivity index (χ4n) is 5.83. The van der Waals surface area contributed by atoms with E-state index >= 15 is 0 Å². The van der Waals surface area contributed by atoms with E-state index in [4.69, 9.17) is 18.9 Å². The van der Waals surface area contributed by atoms with E-state index in [9.17, 15) is 9.59 Å². The molecule has 1 aliphatic rings. The molecule has 0 atom stereocenters. The first-order valence-electron chi connectivity index (χ1n) is 14.6. The van der Waals surface area contributed by atoms with Crippen molar-refractivity contribution < 1.29 is 23.7 Å². The summed E-state index contributed by atoms with van der Waals surface area (Å²) in [7, 11) is 4.87. The van der Waals surface area contributed by atoms with E-state index in [1.54, 1.807) is 63.8 Å². The first-order chi connectivity index (χ1) is 21.5. The highest BCUT2D eigenvalue weighted by Gasteiger charge is 2.20. The number of amides is 1. The van der Waals surface area contributed by atoms with Crippen LogP contribution in [0.15, 0.2) is 77.6 Å². The normalized spacial score (nSPS) is 13.0. The van der Waals surface area contributed by atoms with Gasteiger partial charge in [-0.2, -0.15) is 0 Å². The molecule has 44 heavy (non-hydrogen) atoms. The molecule has 226 valence electrons. The molecule has 9 heteroatoms. The van der Waals surface area contributed by atoms with E-state index in [-0.39, 0.29) is 11.3 Å². The maximum absolute atomic E-state index is 13.4. The van der Waals surface area contributed by atoms with Crippen LogP contribution in [-0.4, -0.2) is 56.8 Å². The molecule has 1 aromatic heterocycles. The van der Waals surface area contributed by atoms with Crippen molar-refractivity contribution in [2.45, 2.75) is 19.4 Å². The van der Waals surface area contributed by atoms with Crippen LogP contribution in [0.4, 0.5) is 5.69 Å². The smallest absolute Gasteiger partial charge is 0.257 e. The van der Waals surface area contributed by atoms with Gasteiger partial charge in [0.25, 0.3) is 5.91 Å². The second-order valence-corrected chi connectivity index (χ2v) is 10.8. The number of rotatable bonds is 10. The maximum atomic E-state index is 13.4. The summed E-state index contributed by atoms with van der Waals surface area (Å²) in [6.07, 6.45) is 1.83. The molecule has 0 bridgehead atoms. The molecule has 1 aliphatic heterocycles. The maximum Gasteiger partial charge on any atom is 0.257 e. The Kier molecular flexibility index (Phi) is 8.38. The predicted octanol–water partition coefficient (Wildman–Crippen LogP) is 5.79. The largest absolute Gasteiger partial charge is 0.495 e. The average molecular weight is 594 g/mol. The highest BCUT2D eigenvalue weighted by atomic mass is 16.5. The fourth-order valence-corrected chi connectivity index (χ4v) is 5.83. The Morgan fingerprint density at radius 1 is 0.841 bits per heavy atom. The Hall–Kier alpha value is -5.02. The molecule has 4 aromatic carbocycles. The van der Waals surface area contributed by atoms with Crippen molar-refractivity contribution in [2.75, 3.05) is 46.3 Å². The second kappa shape index (κ2) is 12.7. The van der Waals surface area contributed by atoms with Gasteiger partial charge < -0.3 is 29.2 Å². The summed E-state index contributed by atoms with van der Waals surface area (Å²) in [6.45, 7) is 3.29. The van der Waals surface area contributed by atoms with E-state index in [0.717, 1.165) is 44.0 Å². The van der Waals surface area contributed by atoms with Crippen LogP contribution in [-0.2, 0) is 13.0 Å². The third-order valence-corrected chi connectivity index (χ3v) is 8.07. The van der Waals surface area contributed by atoms with Gasteiger partial charge in [-0.25, -0.2) is 0 Å². The molecule has 0 spiro atoms. The number of ether oxygens (including phenoxy) is 4. The van der Waals surface area contributed by atoms with E-state index in [2.05, 4.69) is 27.3 Å². The number of para-hydroxylation sites is 2. The van der Waals surface area contributed by atoms with Crippen molar-refractivity contribution in [3.8, 4) is 23.0 Å². The Morgan fingerprint density at radius 3 is 2.32 bits per heavy atom. The second-order valence-electron chi connectivity index (χ2n) is 10.8. The summed E-state index contributed by atoms with van der Waals surface area (Å²) in [4.78, 5) is 32.3. The molecule has 0 saturated carbocycles. The zero-order valence-corrected chi connectivity index (χ0v) is 25.1. The van der Waals surface area contributed by atoms with Crippen molar-refractivity contribution >= 4 is 33.4 Å². The minimum atomic E-state index is -0.336. The van der Waals surface area contributed by atoms with Crippen molar-refractivity contribution in [3.05, 3.63) is 99.7 Å². The van der Waals surface area contributed by atoms with Gasteiger partial charge in [0.1, 0.15) is 11.5 Å². The molecule has 0 fully saturated rings. The first-order valence-corrected chi connectivity index (χ1v) is 14.6. The lowest BCUT2D eigenvalue weighted by Gasteiger charge is -2.29. The van der Waals surface area contributed by atoms with Gasteiger partial charge in [-0.3, -0.25) is 14.5 Å². The third kappa shape index (κ3) is 5.78. The lowest BCUT2D eigenvalue weighted by molar-refractivity contribution is 0.102. The van der Waals surface area contributed by atoms with Crippen LogP contribution >= 0.6 is 0 Å². The quantitative estimate of drug-likeness (QED) is 0.156. The van der Waals surface area contributed by atoms with Crippen LogP contribution in [0.5, 0.6) is 23.0 Å². The number of pyridine rings is 1. The summed E-state index contributed by atoms with van der Waals surface area (Å²) >= 11 is 0. The SMILES string of the molecule is COc1cc2c(cc1OC)CN(CCCOc1cccc(NC(=O)c3cccc4c(=O)c5cccc(OC)c5[nH]c34)c1)CC2. The molecule has 9 nitrogen and oxygen atoms in total. The molecule has 0 radical (unpaired) electrons. The number of hydrogen-bond donors (Lipinski definition) is 2. The van der Waals surface area contributed by atoms with Crippen LogP contribution in [0.3, 0.4) is 0 Å². The summed E-state index contributed by atoms with van der Waals surface area (Å²) in [5, 5.41) is 3.90. The van der Waals surface area contributed by atoms with Crippen molar-refractivity contribution in [2.24, 2.45) is 0 Å². The molecule has 6 rings (SSSR count). The number of aromatic nitrogens is 1. The number of benzene rings is 4. The van der Waals surface area contributed by atoms with Gasteiger partial charge in [0.2, 0.25) is 0 Å². The van der Waals surface area contributed by atoms with Crippen molar-refractivity contribution in [1.29, 1.82) is 0 Å². The molecule has 0 aliphatic carbocycles. The number of anilines is 1. The van der Waals surface area contributed by atoms with E-state index in [1.165, 1.54) is 11.1 Å². The summed E-state index contributed by atoms with van der Waals surface area (Å²) in [5.41, 5.74) is 4.37. The highest BCUT2D eigenvalue weighted by Crippen LogP contribution is 2.33. The molecule has 2 N–H and O–H groups in total. The topological polar surface area (TPSA) is 102 Å². The predicted molar refractivity (Wildman–Crippen MR) is 172 cm³/mol. The standard InChI is InChI=1S/C35H35N3O6/c1-41-29-13-6-11-27-33(29)37-32-26(34(27)39)10-5-12-28(32)35(40)36-24-8-4-9-25(20-24)44-17-7-15-38-16-14-22-18-30(42-2)31(43-3)19-23(22)21-38/h4-6,8-13,18-20H,7,14-17,21H2,1-3H3,(H,36,40)(H,37,39). The molecular weight excluding hydrogens is 558 g/mol. The van der Waals surface area contributed by atoms with Gasteiger partial charge in [0, 0.05) is 42.2 Å². The van der Waals surface area contributed by atoms with E-state index in [1.807, 2.05) is 18.2 Å². The molecule has 5 aromatic rings. The number of H-pyrrole nitrogens is 1. The van der Waals surface area contributed by atoms with Gasteiger partial charge in [0.05, 0.1) is 44.5 Å². The molecule has 0 saturated heterocycles. The Labute approximate surface area is 255 Å². The average Bonchev–Trinajstić information content (AvgIpc) is 3.05. The van der Waals surface area contributed by atoms with Gasteiger partial charge in [0.15, 0.2) is 16.9 Å². The number of carbonyl (C=O) groups is 1. The number of carbonyl (C=O) groups excluding carboxylic acids is 1. The molecule has 0 unspecified atom stereocenters. The zero-order valence-electron chi connectivity index (χ0n) is 25.1. The number of fused-ring (bicyclic) bond motifs is 3. The summed E-state index contributed by atoms with van der Waals surface area (Å²) in [5.74, 6) is 2.40. The lowest BCUT2D eigenvalue weighted by atomic mass is 9.98. The van der Waals surface area contributed by atoms with Crippen LogP contribution in [0.1, 0.15) is 27.9 Å². The number of aromatic amines is 1. The third-order valence-electron chi connectivity index (χ3n) is 8.07. The number of methoxy groups -OCH3 is 3. The highest BCUT2D eigenvalue weighted by molar-refractivity contribution is 6.13. The lowest BCUT2D eigenvalue weighted by Crippen LogP contribution is -2.32. The van der Waals surface area contributed by atoms with E-state index < -0.39 is 0 Å². The Bertz CT molecular complexity index is 1900. The van der Waals surface area contributed by atoms with Gasteiger partial charge in [-0.1, -0.05) is 18.2 Å². The Balaban J connectivity index is 1.09. The van der Waals surface area contributed by atoms with Gasteiger partial charge >= 0.3 is 0 Å². The van der Waals surface area contributed by atoms with Crippen LogP contribution in [0.25, 0.3) is 21.8 Å². The number of hydrogen-bond acceptors (Lipinski definition) is 7. The zero-order chi connectivity index (χ0) is 30.6.